The summed E-state index contributed by atoms with van der Waals surface area (Å²) in [6.45, 7) is 1.81. The second-order valence-corrected chi connectivity index (χ2v) is 5.12. The third kappa shape index (κ3) is 4.23. The van der Waals surface area contributed by atoms with Crippen LogP contribution < -0.4 is 5.73 Å². The van der Waals surface area contributed by atoms with Gasteiger partial charge >= 0.3 is 0 Å². The van der Waals surface area contributed by atoms with Gasteiger partial charge in [-0.1, -0.05) is 17.7 Å². The van der Waals surface area contributed by atoms with E-state index in [1.165, 1.54) is 5.56 Å². The van der Waals surface area contributed by atoms with Crippen molar-refractivity contribution in [3.8, 4) is 0 Å². The molecule has 0 radical (unpaired) electrons. The fourth-order valence-electron chi connectivity index (χ4n) is 1.95. The number of halogens is 1. The van der Waals surface area contributed by atoms with Crippen LogP contribution in [0.2, 0.25) is 5.02 Å². The number of hydrogen-bond acceptors (Lipinski definition) is 3. The Kier molecular flexibility index (Phi) is 4.77. The molecule has 0 aliphatic heterocycles. The first-order valence-electron chi connectivity index (χ1n) is 6.26. The van der Waals surface area contributed by atoms with Gasteiger partial charge < -0.3 is 10.6 Å². The molecule has 0 bridgehead atoms. The monoisotopic (exact) mass is 275 g/mol. The fourth-order valence-corrected chi connectivity index (χ4v) is 2.13. The van der Waals surface area contributed by atoms with Crippen molar-refractivity contribution in [2.24, 2.45) is 0 Å². The molecule has 4 heteroatoms. The summed E-state index contributed by atoms with van der Waals surface area (Å²) in [6, 6.07) is 9.76. The van der Waals surface area contributed by atoms with Crippen LogP contribution >= 0.6 is 11.6 Å². The lowest BCUT2D eigenvalue weighted by atomic mass is 10.1. The molecule has 1 heterocycles. The zero-order chi connectivity index (χ0) is 13.7. The zero-order valence-corrected chi connectivity index (χ0v) is 11.8. The molecule has 0 fully saturated rings. The Morgan fingerprint density at radius 1 is 1.21 bits per heavy atom. The second kappa shape index (κ2) is 6.55. The lowest BCUT2D eigenvalue weighted by Gasteiger charge is -2.18. The molecule has 0 saturated carbocycles. The highest BCUT2D eigenvalue weighted by molar-refractivity contribution is 6.30. The number of nitrogens with two attached hydrogens (primary N) is 1. The summed E-state index contributed by atoms with van der Waals surface area (Å²) < 4.78 is 0. The van der Waals surface area contributed by atoms with Gasteiger partial charge in [-0.15, -0.1) is 0 Å². The molecule has 2 aromatic rings. The van der Waals surface area contributed by atoms with Gasteiger partial charge in [-0.05, 0) is 48.9 Å². The third-order valence-electron chi connectivity index (χ3n) is 3.08. The van der Waals surface area contributed by atoms with Crippen LogP contribution in [0.15, 0.2) is 42.7 Å². The summed E-state index contributed by atoms with van der Waals surface area (Å²) in [6.07, 6.45) is 4.66. The van der Waals surface area contributed by atoms with Gasteiger partial charge in [0.2, 0.25) is 0 Å². The van der Waals surface area contributed by atoms with Crippen LogP contribution in [0.4, 0.5) is 5.69 Å². The number of hydrogen-bond donors (Lipinski definition) is 1. The second-order valence-electron chi connectivity index (χ2n) is 4.69. The Hall–Kier alpha value is -1.58. The van der Waals surface area contributed by atoms with Crippen molar-refractivity contribution in [2.75, 3.05) is 19.3 Å². The van der Waals surface area contributed by atoms with E-state index >= 15 is 0 Å². The molecule has 0 amide bonds. The van der Waals surface area contributed by atoms with Crippen molar-refractivity contribution in [1.29, 1.82) is 0 Å². The molecular weight excluding hydrogens is 258 g/mol. The van der Waals surface area contributed by atoms with Crippen LogP contribution in [0, 0.1) is 0 Å². The fraction of sp³-hybridized carbons (Fsp3) is 0.267. The van der Waals surface area contributed by atoms with Crippen molar-refractivity contribution in [3.63, 3.8) is 0 Å². The van der Waals surface area contributed by atoms with Crippen LogP contribution in [-0.4, -0.2) is 23.5 Å². The number of nitrogen functional groups attached to an aromatic ring is 1. The maximum Gasteiger partial charge on any atom is 0.0426 e. The van der Waals surface area contributed by atoms with E-state index in [0.717, 1.165) is 30.8 Å². The van der Waals surface area contributed by atoms with Gasteiger partial charge in [0.05, 0.1) is 0 Å². The highest BCUT2D eigenvalue weighted by Gasteiger charge is 2.04. The molecule has 19 heavy (non-hydrogen) atoms. The Balaban J connectivity index is 1.89. The maximum atomic E-state index is 5.96. The molecule has 0 unspecified atom stereocenters. The summed E-state index contributed by atoms with van der Waals surface area (Å²) >= 11 is 5.90. The first kappa shape index (κ1) is 13.8. The van der Waals surface area contributed by atoms with Crippen molar-refractivity contribution < 1.29 is 0 Å². The maximum absolute atomic E-state index is 5.96. The average molecular weight is 276 g/mol. The van der Waals surface area contributed by atoms with E-state index in [1.54, 1.807) is 6.07 Å². The number of rotatable bonds is 5. The Bertz CT molecular complexity index is 528. The van der Waals surface area contributed by atoms with Crippen molar-refractivity contribution in [2.45, 2.75) is 13.0 Å². The number of nitrogens with zero attached hydrogens (tertiary/aromatic N) is 2. The number of aromatic nitrogens is 1. The van der Waals surface area contributed by atoms with Gasteiger partial charge in [-0.3, -0.25) is 4.98 Å². The van der Waals surface area contributed by atoms with E-state index in [9.17, 15) is 0 Å². The van der Waals surface area contributed by atoms with Gasteiger partial charge in [-0.25, -0.2) is 0 Å². The van der Waals surface area contributed by atoms with Crippen molar-refractivity contribution in [3.05, 3.63) is 58.9 Å². The largest absolute Gasteiger partial charge is 0.398 e. The predicted molar refractivity (Wildman–Crippen MR) is 80.1 cm³/mol. The molecule has 2 rings (SSSR count). The first-order valence-corrected chi connectivity index (χ1v) is 6.64. The third-order valence-corrected chi connectivity index (χ3v) is 3.31. The van der Waals surface area contributed by atoms with E-state index in [-0.39, 0.29) is 0 Å². The molecule has 0 aliphatic carbocycles. The SMILES string of the molecule is CN(CCc1ccncc1)Cc1ccc(Cl)cc1N. The highest BCUT2D eigenvalue weighted by Crippen LogP contribution is 2.19. The number of anilines is 1. The van der Waals surface area contributed by atoms with E-state index in [2.05, 4.69) is 16.9 Å². The van der Waals surface area contributed by atoms with E-state index in [1.807, 2.05) is 36.7 Å². The number of pyridine rings is 1. The minimum Gasteiger partial charge on any atom is -0.398 e. The Morgan fingerprint density at radius 3 is 2.63 bits per heavy atom. The summed E-state index contributed by atoms with van der Waals surface area (Å²) in [4.78, 5) is 6.27. The summed E-state index contributed by atoms with van der Waals surface area (Å²) in [7, 11) is 2.09. The highest BCUT2D eigenvalue weighted by atomic mass is 35.5. The molecular formula is C15H18ClN3. The van der Waals surface area contributed by atoms with Crippen LogP contribution in [-0.2, 0) is 13.0 Å². The molecule has 1 aromatic heterocycles. The van der Waals surface area contributed by atoms with Crippen LogP contribution in [0.5, 0.6) is 0 Å². The van der Waals surface area contributed by atoms with Gasteiger partial charge in [0, 0.05) is 36.2 Å². The lowest BCUT2D eigenvalue weighted by Crippen LogP contribution is -2.21. The molecule has 3 nitrogen and oxygen atoms in total. The molecule has 2 N–H and O–H groups in total. The van der Waals surface area contributed by atoms with E-state index < -0.39 is 0 Å². The van der Waals surface area contributed by atoms with E-state index in [4.69, 9.17) is 17.3 Å². The smallest absolute Gasteiger partial charge is 0.0426 e. The van der Waals surface area contributed by atoms with Crippen molar-refractivity contribution >= 4 is 17.3 Å². The van der Waals surface area contributed by atoms with Crippen LogP contribution in [0.25, 0.3) is 0 Å². The van der Waals surface area contributed by atoms with Crippen molar-refractivity contribution in [1.82, 2.24) is 9.88 Å². The Labute approximate surface area is 119 Å². The molecule has 100 valence electrons. The number of benzene rings is 1. The van der Waals surface area contributed by atoms with Gasteiger partial charge in [0.1, 0.15) is 0 Å². The topological polar surface area (TPSA) is 42.2 Å². The quantitative estimate of drug-likeness (QED) is 0.853. The molecule has 0 saturated heterocycles. The predicted octanol–water partition coefficient (Wildman–Crippen LogP) is 2.99. The zero-order valence-electron chi connectivity index (χ0n) is 11.0. The molecule has 0 aliphatic rings. The minimum absolute atomic E-state index is 0.681. The Morgan fingerprint density at radius 2 is 1.95 bits per heavy atom. The molecule has 0 atom stereocenters. The summed E-state index contributed by atoms with van der Waals surface area (Å²) in [5.74, 6) is 0. The van der Waals surface area contributed by atoms with Gasteiger partial charge in [-0.2, -0.15) is 0 Å². The lowest BCUT2D eigenvalue weighted by molar-refractivity contribution is 0.331. The van der Waals surface area contributed by atoms with Gasteiger partial charge in [0.15, 0.2) is 0 Å². The standard InChI is InChI=1S/C15H18ClN3/c1-19(9-6-12-4-7-18-8-5-12)11-13-2-3-14(16)10-15(13)17/h2-5,7-8,10H,6,9,11,17H2,1H3. The molecule has 0 spiro atoms. The summed E-state index contributed by atoms with van der Waals surface area (Å²) in [5, 5.41) is 0.681. The summed E-state index contributed by atoms with van der Waals surface area (Å²) in [5.41, 5.74) is 9.12. The normalized spacial score (nSPS) is 10.9. The first-order chi connectivity index (χ1) is 9.15. The van der Waals surface area contributed by atoms with E-state index in [0.29, 0.717) is 5.02 Å². The minimum atomic E-state index is 0.681. The van der Waals surface area contributed by atoms with Gasteiger partial charge in [0.25, 0.3) is 0 Å². The average Bonchev–Trinajstić information content (AvgIpc) is 2.41. The molecule has 1 aromatic carbocycles. The number of likely N-dealkylation sites (N-methyl/N-ethyl adjacent to an activating group) is 1. The van der Waals surface area contributed by atoms with Crippen LogP contribution in [0.1, 0.15) is 11.1 Å². The van der Waals surface area contributed by atoms with Crippen LogP contribution in [0.3, 0.4) is 0 Å².